The average Bonchev–Trinajstić information content (AvgIpc) is 1.98. The van der Waals surface area contributed by atoms with Crippen molar-refractivity contribution in [1.29, 1.82) is 0 Å². The van der Waals surface area contributed by atoms with Crippen LogP contribution >= 0.6 is 11.6 Å². The summed E-state index contributed by atoms with van der Waals surface area (Å²) >= 11 is 5.63. The number of aryl methyl sites for hydroxylation is 1. The van der Waals surface area contributed by atoms with Crippen LogP contribution < -0.4 is 0 Å². The van der Waals surface area contributed by atoms with Gasteiger partial charge in [-0.1, -0.05) is 11.6 Å². The highest BCUT2D eigenvalue weighted by atomic mass is 35.5. The molecule has 0 aliphatic carbocycles. The molecule has 1 aromatic heterocycles. The molecule has 0 fully saturated rings. The molecule has 0 spiro atoms. The first kappa shape index (κ1) is 10.3. The molecule has 13 heavy (non-hydrogen) atoms. The Kier molecular flexibility index (Phi) is 2.52. The number of pyridine rings is 1. The summed E-state index contributed by atoms with van der Waals surface area (Å²) in [6.07, 6.45) is -3.58. The van der Waals surface area contributed by atoms with Crippen LogP contribution in [-0.4, -0.2) is 4.98 Å². The first-order valence-corrected chi connectivity index (χ1v) is 3.90. The smallest absolute Gasteiger partial charge is 0.259 e. The van der Waals surface area contributed by atoms with E-state index in [2.05, 4.69) is 4.98 Å². The van der Waals surface area contributed by atoms with Gasteiger partial charge in [0.1, 0.15) is 0 Å². The third-order valence-corrected chi connectivity index (χ3v) is 2.30. The predicted octanol–water partition coefficient (Wildman–Crippen LogP) is 3.37. The largest absolute Gasteiger partial charge is 0.418 e. The fraction of sp³-hybridized carbons (Fsp3) is 0.375. The van der Waals surface area contributed by atoms with Gasteiger partial charge < -0.3 is 0 Å². The minimum absolute atomic E-state index is 0.0293. The van der Waals surface area contributed by atoms with E-state index in [1.54, 1.807) is 6.92 Å². The van der Waals surface area contributed by atoms with Crippen molar-refractivity contribution in [2.24, 2.45) is 0 Å². The quantitative estimate of drug-likeness (QED) is 0.638. The van der Waals surface area contributed by atoms with Crippen LogP contribution in [0.5, 0.6) is 0 Å². The van der Waals surface area contributed by atoms with Crippen molar-refractivity contribution in [3.05, 3.63) is 28.0 Å². The van der Waals surface area contributed by atoms with E-state index in [0.717, 1.165) is 6.20 Å². The van der Waals surface area contributed by atoms with Gasteiger partial charge in [-0.05, 0) is 19.4 Å². The second-order valence-electron chi connectivity index (χ2n) is 2.69. The zero-order chi connectivity index (χ0) is 10.2. The molecule has 5 heteroatoms. The van der Waals surface area contributed by atoms with E-state index in [9.17, 15) is 13.2 Å². The van der Waals surface area contributed by atoms with Crippen LogP contribution in [0, 0.1) is 13.8 Å². The van der Waals surface area contributed by atoms with Crippen molar-refractivity contribution < 1.29 is 13.2 Å². The highest BCUT2D eigenvalue weighted by molar-refractivity contribution is 6.32. The monoisotopic (exact) mass is 209 g/mol. The zero-order valence-electron chi connectivity index (χ0n) is 7.04. The zero-order valence-corrected chi connectivity index (χ0v) is 7.79. The van der Waals surface area contributed by atoms with Gasteiger partial charge in [0.05, 0.1) is 16.3 Å². The SMILES string of the molecule is Cc1ncc(C(F)(F)F)c(C)c1Cl. The summed E-state index contributed by atoms with van der Waals surface area (Å²) in [6, 6.07) is 0. The third-order valence-electron chi connectivity index (χ3n) is 1.74. The Morgan fingerprint density at radius 3 is 2.31 bits per heavy atom. The molecule has 0 aromatic carbocycles. The number of aromatic nitrogens is 1. The van der Waals surface area contributed by atoms with Crippen LogP contribution in [0.3, 0.4) is 0 Å². The molecule has 0 radical (unpaired) electrons. The van der Waals surface area contributed by atoms with E-state index in [-0.39, 0.29) is 10.6 Å². The van der Waals surface area contributed by atoms with Crippen LogP contribution in [0.25, 0.3) is 0 Å². The molecule has 1 rings (SSSR count). The summed E-state index contributed by atoms with van der Waals surface area (Å²) in [5.74, 6) is 0. The Hall–Kier alpha value is -0.770. The Morgan fingerprint density at radius 1 is 1.31 bits per heavy atom. The molecule has 0 N–H and O–H groups in total. The molecule has 0 saturated heterocycles. The second kappa shape index (κ2) is 3.18. The highest BCUT2D eigenvalue weighted by Gasteiger charge is 2.33. The normalized spacial score (nSPS) is 11.8. The maximum atomic E-state index is 12.3. The van der Waals surface area contributed by atoms with E-state index >= 15 is 0 Å². The van der Waals surface area contributed by atoms with E-state index in [1.165, 1.54) is 6.92 Å². The number of nitrogens with zero attached hydrogens (tertiary/aromatic N) is 1. The fourth-order valence-corrected chi connectivity index (χ4v) is 1.14. The molecule has 0 amide bonds. The molecule has 0 saturated carbocycles. The Morgan fingerprint density at radius 2 is 1.85 bits per heavy atom. The summed E-state index contributed by atoms with van der Waals surface area (Å²) < 4.78 is 36.8. The lowest BCUT2D eigenvalue weighted by Gasteiger charge is -2.11. The average molecular weight is 210 g/mol. The molecule has 1 heterocycles. The first-order chi connectivity index (χ1) is 5.84. The molecule has 0 unspecified atom stereocenters. The molecule has 0 aliphatic heterocycles. The maximum absolute atomic E-state index is 12.3. The molecule has 1 nitrogen and oxygen atoms in total. The van der Waals surface area contributed by atoms with Crippen LogP contribution in [0.15, 0.2) is 6.20 Å². The second-order valence-corrected chi connectivity index (χ2v) is 3.07. The molecule has 0 bridgehead atoms. The summed E-state index contributed by atoms with van der Waals surface area (Å²) in [5, 5.41) is 0.0785. The molecular formula is C8H7ClF3N. The number of hydrogen-bond acceptors (Lipinski definition) is 1. The van der Waals surface area contributed by atoms with E-state index < -0.39 is 11.7 Å². The van der Waals surface area contributed by atoms with Crippen molar-refractivity contribution in [2.75, 3.05) is 0 Å². The van der Waals surface area contributed by atoms with Gasteiger partial charge in [-0.15, -0.1) is 0 Å². The van der Waals surface area contributed by atoms with E-state index in [1.807, 2.05) is 0 Å². The number of rotatable bonds is 0. The van der Waals surface area contributed by atoms with Gasteiger partial charge in [0.2, 0.25) is 0 Å². The van der Waals surface area contributed by atoms with Crippen molar-refractivity contribution in [3.63, 3.8) is 0 Å². The van der Waals surface area contributed by atoms with E-state index in [4.69, 9.17) is 11.6 Å². The van der Waals surface area contributed by atoms with Gasteiger partial charge in [-0.3, -0.25) is 4.98 Å². The lowest BCUT2D eigenvalue weighted by molar-refractivity contribution is -0.138. The van der Waals surface area contributed by atoms with Crippen molar-refractivity contribution in [1.82, 2.24) is 4.98 Å². The van der Waals surface area contributed by atoms with Crippen molar-refractivity contribution >= 4 is 11.6 Å². The standard InChI is InChI=1S/C8H7ClF3N/c1-4-6(8(10,11)12)3-13-5(2)7(4)9/h3H,1-2H3. The van der Waals surface area contributed by atoms with Crippen LogP contribution in [0.1, 0.15) is 16.8 Å². The van der Waals surface area contributed by atoms with Crippen molar-refractivity contribution in [3.8, 4) is 0 Å². The summed E-state index contributed by atoms with van der Waals surface area (Å²) in [4.78, 5) is 3.55. The van der Waals surface area contributed by atoms with Gasteiger partial charge in [0.15, 0.2) is 0 Å². The number of alkyl halides is 3. The Balaban J connectivity index is 3.35. The number of hydrogen-bond donors (Lipinski definition) is 0. The molecule has 72 valence electrons. The Bertz CT molecular complexity index is 333. The maximum Gasteiger partial charge on any atom is 0.418 e. The minimum Gasteiger partial charge on any atom is -0.259 e. The number of halogens is 4. The lowest BCUT2D eigenvalue weighted by Crippen LogP contribution is -2.09. The van der Waals surface area contributed by atoms with Gasteiger partial charge in [0, 0.05) is 6.20 Å². The van der Waals surface area contributed by atoms with E-state index in [0.29, 0.717) is 5.69 Å². The van der Waals surface area contributed by atoms with Crippen LogP contribution in [0.2, 0.25) is 5.02 Å². The Labute approximate surface area is 78.5 Å². The van der Waals surface area contributed by atoms with Gasteiger partial charge >= 0.3 is 6.18 Å². The van der Waals surface area contributed by atoms with Gasteiger partial charge in [-0.2, -0.15) is 13.2 Å². The molecule has 0 atom stereocenters. The fourth-order valence-electron chi connectivity index (χ4n) is 0.990. The minimum atomic E-state index is -4.38. The highest BCUT2D eigenvalue weighted by Crippen LogP contribution is 2.34. The van der Waals surface area contributed by atoms with Crippen LogP contribution in [0.4, 0.5) is 13.2 Å². The molecular weight excluding hydrogens is 203 g/mol. The van der Waals surface area contributed by atoms with Gasteiger partial charge in [-0.25, -0.2) is 0 Å². The first-order valence-electron chi connectivity index (χ1n) is 3.53. The lowest BCUT2D eigenvalue weighted by atomic mass is 10.1. The summed E-state index contributed by atoms with van der Waals surface area (Å²) in [7, 11) is 0. The molecule has 0 aliphatic rings. The summed E-state index contributed by atoms with van der Waals surface area (Å²) in [6.45, 7) is 2.90. The van der Waals surface area contributed by atoms with Gasteiger partial charge in [0.25, 0.3) is 0 Å². The van der Waals surface area contributed by atoms with Crippen LogP contribution in [-0.2, 0) is 6.18 Å². The predicted molar refractivity (Wildman–Crippen MR) is 43.7 cm³/mol. The van der Waals surface area contributed by atoms with Crippen molar-refractivity contribution in [2.45, 2.75) is 20.0 Å². The topological polar surface area (TPSA) is 12.9 Å². The third kappa shape index (κ3) is 1.94. The molecule has 1 aromatic rings. The summed E-state index contributed by atoms with van der Waals surface area (Å²) in [5.41, 5.74) is -0.336.